The Morgan fingerprint density at radius 2 is 2.00 bits per heavy atom. The molecule has 0 aliphatic heterocycles. The highest BCUT2D eigenvalue weighted by Gasteiger charge is 2.25. The van der Waals surface area contributed by atoms with Crippen molar-refractivity contribution in [3.05, 3.63) is 23.8 Å². The molecule has 0 saturated heterocycles. The third-order valence-corrected chi connectivity index (χ3v) is 4.73. The van der Waals surface area contributed by atoms with Crippen LogP contribution in [0.15, 0.2) is 18.2 Å². The van der Waals surface area contributed by atoms with Crippen LogP contribution in [0, 0.1) is 18.8 Å². The highest BCUT2D eigenvalue weighted by atomic mass is 16.1. The van der Waals surface area contributed by atoms with Crippen LogP contribution in [-0.2, 0) is 4.79 Å². The Hall–Kier alpha value is -1.51. The lowest BCUT2D eigenvalue weighted by atomic mass is 9.79. The first kappa shape index (κ1) is 15.9. The van der Waals surface area contributed by atoms with E-state index in [0.29, 0.717) is 0 Å². The van der Waals surface area contributed by atoms with Crippen molar-refractivity contribution in [2.24, 2.45) is 11.8 Å². The molecule has 21 heavy (non-hydrogen) atoms. The van der Waals surface area contributed by atoms with Crippen LogP contribution in [0.4, 0.5) is 11.4 Å². The van der Waals surface area contributed by atoms with Crippen molar-refractivity contribution in [3.8, 4) is 0 Å². The van der Waals surface area contributed by atoms with E-state index in [1.165, 1.54) is 32.1 Å². The number of unbranched alkanes of at least 4 members (excludes halogenated alkanes) is 1. The van der Waals surface area contributed by atoms with Crippen molar-refractivity contribution < 1.29 is 4.79 Å². The maximum atomic E-state index is 12.3. The van der Waals surface area contributed by atoms with Crippen LogP contribution in [-0.4, -0.2) is 5.91 Å². The van der Waals surface area contributed by atoms with Gasteiger partial charge in [0.05, 0.1) is 0 Å². The van der Waals surface area contributed by atoms with Crippen molar-refractivity contribution in [3.63, 3.8) is 0 Å². The minimum Gasteiger partial charge on any atom is -0.398 e. The topological polar surface area (TPSA) is 55.1 Å². The van der Waals surface area contributed by atoms with Gasteiger partial charge in [0.1, 0.15) is 0 Å². The number of hydrogen-bond acceptors (Lipinski definition) is 2. The summed E-state index contributed by atoms with van der Waals surface area (Å²) in [4.78, 5) is 12.3. The Morgan fingerprint density at radius 3 is 2.62 bits per heavy atom. The normalized spacial score (nSPS) is 22.0. The largest absolute Gasteiger partial charge is 0.398 e. The number of rotatable bonds is 5. The second kappa shape index (κ2) is 7.48. The number of nitrogens with two attached hydrogens (primary N) is 1. The molecule has 116 valence electrons. The summed E-state index contributed by atoms with van der Waals surface area (Å²) in [6, 6.07) is 5.73. The van der Waals surface area contributed by atoms with Crippen LogP contribution >= 0.6 is 0 Å². The average Bonchev–Trinajstić information content (AvgIpc) is 2.49. The van der Waals surface area contributed by atoms with E-state index in [4.69, 9.17) is 5.73 Å². The maximum Gasteiger partial charge on any atom is 0.227 e. The zero-order chi connectivity index (χ0) is 15.2. The molecule has 0 bridgehead atoms. The summed E-state index contributed by atoms with van der Waals surface area (Å²) in [5, 5.41) is 3.02. The molecule has 2 rings (SSSR count). The Morgan fingerprint density at radius 1 is 1.29 bits per heavy atom. The molecular weight excluding hydrogens is 260 g/mol. The number of benzene rings is 1. The van der Waals surface area contributed by atoms with E-state index in [1.807, 2.05) is 25.1 Å². The molecule has 0 unspecified atom stereocenters. The molecule has 1 aromatic rings. The molecule has 3 heteroatoms. The first-order valence-corrected chi connectivity index (χ1v) is 8.27. The van der Waals surface area contributed by atoms with E-state index in [0.717, 1.165) is 35.7 Å². The van der Waals surface area contributed by atoms with Gasteiger partial charge >= 0.3 is 0 Å². The fraction of sp³-hybridized carbons (Fsp3) is 0.611. The van der Waals surface area contributed by atoms with Gasteiger partial charge in [0.25, 0.3) is 0 Å². The first-order chi connectivity index (χ1) is 10.1. The average molecular weight is 288 g/mol. The fourth-order valence-electron chi connectivity index (χ4n) is 3.17. The SMILES string of the molecule is CCCCC1CCC(C(=O)Nc2ccc(C)c(N)c2)CC1. The molecule has 1 aliphatic carbocycles. The molecule has 1 aromatic carbocycles. The van der Waals surface area contributed by atoms with Crippen molar-refractivity contribution in [1.82, 2.24) is 0 Å². The molecule has 1 amide bonds. The lowest BCUT2D eigenvalue weighted by Crippen LogP contribution is -2.27. The van der Waals surface area contributed by atoms with Crippen molar-refractivity contribution >= 4 is 17.3 Å². The summed E-state index contributed by atoms with van der Waals surface area (Å²) < 4.78 is 0. The van der Waals surface area contributed by atoms with Crippen molar-refractivity contribution in [2.45, 2.75) is 58.8 Å². The number of hydrogen-bond donors (Lipinski definition) is 2. The van der Waals surface area contributed by atoms with Gasteiger partial charge < -0.3 is 11.1 Å². The van der Waals surface area contributed by atoms with E-state index >= 15 is 0 Å². The van der Waals surface area contributed by atoms with Crippen LogP contribution in [0.5, 0.6) is 0 Å². The van der Waals surface area contributed by atoms with Gasteiger partial charge in [-0.15, -0.1) is 0 Å². The molecule has 0 heterocycles. The second-order valence-electron chi connectivity index (χ2n) is 6.42. The van der Waals surface area contributed by atoms with Crippen LogP contribution in [0.1, 0.15) is 57.4 Å². The second-order valence-corrected chi connectivity index (χ2v) is 6.42. The zero-order valence-electron chi connectivity index (χ0n) is 13.3. The monoisotopic (exact) mass is 288 g/mol. The van der Waals surface area contributed by atoms with E-state index in [1.54, 1.807) is 0 Å². The number of carbonyl (C=O) groups excluding carboxylic acids is 1. The maximum absolute atomic E-state index is 12.3. The number of nitrogen functional groups attached to an aromatic ring is 1. The summed E-state index contributed by atoms with van der Waals surface area (Å²) in [5.74, 6) is 1.17. The zero-order valence-corrected chi connectivity index (χ0v) is 13.3. The minimum atomic E-state index is 0.159. The van der Waals surface area contributed by atoms with Crippen LogP contribution < -0.4 is 11.1 Å². The van der Waals surface area contributed by atoms with Crippen molar-refractivity contribution in [1.29, 1.82) is 0 Å². The Labute approximate surface area is 128 Å². The lowest BCUT2D eigenvalue weighted by Gasteiger charge is -2.27. The number of aryl methyl sites for hydroxylation is 1. The van der Waals surface area contributed by atoms with E-state index in [-0.39, 0.29) is 11.8 Å². The van der Waals surface area contributed by atoms with Gasteiger partial charge in [0.15, 0.2) is 0 Å². The van der Waals surface area contributed by atoms with Gasteiger partial charge in [-0.3, -0.25) is 4.79 Å². The Balaban J connectivity index is 1.83. The molecular formula is C18H28N2O. The van der Waals surface area contributed by atoms with Crippen LogP contribution in [0.3, 0.4) is 0 Å². The molecule has 1 saturated carbocycles. The minimum absolute atomic E-state index is 0.159. The molecule has 1 aliphatic rings. The molecule has 3 nitrogen and oxygen atoms in total. The fourth-order valence-corrected chi connectivity index (χ4v) is 3.17. The first-order valence-electron chi connectivity index (χ1n) is 8.27. The predicted molar refractivity (Wildman–Crippen MR) is 89.2 cm³/mol. The van der Waals surface area contributed by atoms with Crippen molar-refractivity contribution in [2.75, 3.05) is 11.1 Å². The van der Waals surface area contributed by atoms with Crippen LogP contribution in [0.2, 0.25) is 0 Å². The summed E-state index contributed by atoms with van der Waals surface area (Å²) in [7, 11) is 0. The standard InChI is InChI=1S/C18H28N2O/c1-3-4-5-14-7-9-15(10-8-14)18(21)20-16-11-6-13(2)17(19)12-16/h6,11-12,14-15H,3-5,7-10,19H2,1-2H3,(H,20,21). The summed E-state index contributed by atoms with van der Waals surface area (Å²) >= 11 is 0. The number of nitrogens with one attached hydrogen (secondary N) is 1. The van der Waals surface area contributed by atoms with Gasteiger partial charge in [0, 0.05) is 17.3 Å². The van der Waals surface area contributed by atoms with Gasteiger partial charge in [-0.05, 0) is 56.2 Å². The third kappa shape index (κ3) is 4.48. The number of carbonyl (C=O) groups is 1. The third-order valence-electron chi connectivity index (χ3n) is 4.73. The summed E-state index contributed by atoms with van der Waals surface area (Å²) in [5.41, 5.74) is 8.48. The smallest absolute Gasteiger partial charge is 0.227 e. The van der Waals surface area contributed by atoms with Crippen LogP contribution in [0.25, 0.3) is 0 Å². The molecule has 0 spiro atoms. The van der Waals surface area contributed by atoms with Gasteiger partial charge in [-0.2, -0.15) is 0 Å². The lowest BCUT2D eigenvalue weighted by molar-refractivity contribution is -0.121. The summed E-state index contributed by atoms with van der Waals surface area (Å²) in [6.07, 6.45) is 8.39. The highest BCUT2D eigenvalue weighted by molar-refractivity contribution is 5.93. The Kier molecular flexibility index (Phi) is 5.66. The van der Waals surface area contributed by atoms with E-state index in [2.05, 4.69) is 12.2 Å². The molecule has 0 atom stereocenters. The van der Waals surface area contributed by atoms with Gasteiger partial charge in [0.2, 0.25) is 5.91 Å². The summed E-state index contributed by atoms with van der Waals surface area (Å²) in [6.45, 7) is 4.21. The predicted octanol–water partition coefficient (Wildman–Crippen LogP) is 4.51. The molecule has 3 N–H and O–H groups in total. The number of amides is 1. The van der Waals surface area contributed by atoms with Gasteiger partial charge in [-0.1, -0.05) is 32.3 Å². The quantitative estimate of drug-likeness (QED) is 0.783. The molecule has 1 fully saturated rings. The Bertz CT molecular complexity index is 476. The molecule has 0 aromatic heterocycles. The van der Waals surface area contributed by atoms with Gasteiger partial charge in [-0.25, -0.2) is 0 Å². The highest BCUT2D eigenvalue weighted by Crippen LogP contribution is 2.32. The van der Waals surface area contributed by atoms with E-state index < -0.39 is 0 Å². The van der Waals surface area contributed by atoms with E-state index in [9.17, 15) is 4.79 Å². The number of anilines is 2. The molecule has 0 radical (unpaired) electrons.